The highest BCUT2D eigenvalue weighted by molar-refractivity contribution is 6.04. The molecular weight excluding hydrogens is 407 g/mol. The van der Waals surface area contributed by atoms with E-state index in [2.05, 4.69) is 4.98 Å². The summed E-state index contributed by atoms with van der Waals surface area (Å²) in [7, 11) is 0. The van der Waals surface area contributed by atoms with E-state index in [1.165, 1.54) is 35.2 Å². The highest BCUT2D eigenvalue weighted by Crippen LogP contribution is 2.20. The van der Waals surface area contributed by atoms with Gasteiger partial charge in [0.05, 0.1) is 10.9 Å². The predicted molar refractivity (Wildman–Crippen MR) is 123 cm³/mol. The van der Waals surface area contributed by atoms with Gasteiger partial charge in [-0.2, -0.15) is 0 Å². The van der Waals surface area contributed by atoms with E-state index in [1.807, 2.05) is 24.3 Å². The molecule has 3 aromatic carbocycles. The van der Waals surface area contributed by atoms with E-state index in [0.29, 0.717) is 22.2 Å². The van der Waals surface area contributed by atoms with Crippen LogP contribution in [0.4, 0.5) is 4.39 Å². The van der Waals surface area contributed by atoms with Crippen LogP contribution in [0.1, 0.15) is 11.1 Å². The lowest BCUT2D eigenvalue weighted by molar-refractivity contribution is -0.110. The molecule has 0 aliphatic rings. The third kappa shape index (κ3) is 5.05. The van der Waals surface area contributed by atoms with Gasteiger partial charge >= 0.3 is 0 Å². The number of ketones is 1. The van der Waals surface area contributed by atoms with Crippen molar-refractivity contribution in [2.24, 2.45) is 0 Å². The predicted octanol–water partition coefficient (Wildman–Crippen LogP) is 4.87. The van der Waals surface area contributed by atoms with Crippen molar-refractivity contribution in [3.8, 4) is 5.75 Å². The summed E-state index contributed by atoms with van der Waals surface area (Å²) in [5.74, 6) is -0.0232. The molecule has 0 N–H and O–H groups in total. The van der Waals surface area contributed by atoms with Gasteiger partial charge < -0.3 is 4.74 Å². The molecule has 4 rings (SSSR count). The quantitative estimate of drug-likeness (QED) is 0.396. The van der Waals surface area contributed by atoms with E-state index in [9.17, 15) is 14.0 Å². The molecule has 4 aromatic rings. The number of aromatic nitrogens is 2. The van der Waals surface area contributed by atoms with Crippen molar-refractivity contribution in [2.75, 3.05) is 0 Å². The number of nitrogens with zero attached hydrogens (tertiary/aromatic N) is 2. The first-order valence-electron chi connectivity index (χ1n) is 9.92. The molecule has 5 nitrogen and oxygen atoms in total. The van der Waals surface area contributed by atoms with Crippen LogP contribution in [-0.2, 0) is 11.5 Å². The highest BCUT2D eigenvalue weighted by Gasteiger charge is 2.05. The standard InChI is InChI=1S/C26H19FN2O3/c27-21-13-9-19(10-14-21)11-15-22(30)16-12-20-5-1-4-8-25(20)32-18-29-17-28-24-7-3-2-6-23(24)26(29)31/h1-17H,18H2/b15-11+,16-12+. The number of rotatable bonds is 7. The minimum atomic E-state index is -0.327. The van der Waals surface area contributed by atoms with Crippen molar-refractivity contribution in [1.29, 1.82) is 0 Å². The first kappa shape index (κ1) is 20.9. The smallest absolute Gasteiger partial charge is 0.263 e. The topological polar surface area (TPSA) is 61.2 Å². The van der Waals surface area contributed by atoms with Gasteiger partial charge in [0.25, 0.3) is 5.56 Å². The van der Waals surface area contributed by atoms with Gasteiger partial charge in [-0.1, -0.05) is 48.5 Å². The molecule has 0 spiro atoms. The highest BCUT2D eigenvalue weighted by atomic mass is 19.1. The maximum Gasteiger partial charge on any atom is 0.263 e. The number of halogens is 1. The van der Waals surface area contributed by atoms with Crippen LogP contribution in [-0.4, -0.2) is 15.3 Å². The van der Waals surface area contributed by atoms with Crippen molar-refractivity contribution in [3.05, 3.63) is 119 Å². The number of hydrogen-bond donors (Lipinski definition) is 0. The van der Waals surface area contributed by atoms with Gasteiger partial charge in [0.15, 0.2) is 12.5 Å². The van der Waals surface area contributed by atoms with Crippen LogP contribution in [0.15, 0.2) is 96.1 Å². The second kappa shape index (κ2) is 9.66. The number of benzene rings is 3. The Hall–Kier alpha value is -4.32. The van der Waals surface area contributed by atoms with Crippen LogP contribution in [0, 0.1) is 5.82 Å². The summed E-state index contributed by atoms with van der Waals surface area (Å²) in [6.45, 7) is -0.0140. The van der Waals surface area contributed by atoms with E-state index in [4.69, 9.17) is 4.74 Å². The lowest BCUT2D eigenvalue weighted by atomic mass is 10.1. The SMILES string of the molecule is O=C(/C=C/c1ccc(F)cc1)/C=C/c1ccccc1OCn1cnc2ccccc2c1=O. The van der Waals surface area contributed by atoms with Crippen molar-refractivity contribution >= 4 is 28.8 Å². The molecule has 0 amide bonds. The maximum absolute atomic E-state index is 13.0. The zero-order valence-electron chi connectivity index (χ0n) is 17.0. The summed E-state index contributed by atoms with van der Waals surface area (Å²) in [6, 6.07) is 20.2. The summed E-state index contributed by atoms with van der Waals surface area (Å²) in [5, 5.41) is 0.519. The molecule has 32 heavy (non-hydrogen) atoms. The molecule has 158 valence electrons. The fourth-order valence-corrected chi connectivity index (χ4v) is 3.07. The van der Waals surface area contributed by atoms with Gasteiger partial charge in [0, 0.05) is 5.56 Å². The number of ether oxygens (including phenoxy) is 1. The molecule has 0 aliphatic carbocycles. The Balaban J connectivity index is 1.46. The zero-order valence-corrected chi connectivity index (χ0v) is 17.0. The number of allylic oxidation sites excluding steroid dienone is 2. The summed E-state index contributed by atoms with van der Waals surface area (Å²) in [4.78, 5) is 29.1. The molecule has 0 unspecified atom stereocenters. The summed E-state index contributed by atoms with van der Waals surface area (Å²) in [6.07, 6.45) is 7.55. The van der Waals surface area contributed by atoms with Crippen molar-refractivity contribution in [1.82, 2.24) is 9.55 Å². The third-order valence-electron chi connectivity index (χ3n) is 4.75. The van der Waals surface area contributed by atoms with Gasteiger partial charge in [0.2, 0.25) is 0 Å². The average molecular weight is 426 g/mol. The Kier molecular flexibility index (Phi) is 6.32. The molecule has 0 radical (unpaired) electrons. The van der Waals surface area contributed by atoms with Crippen molar-refractivity contribution in [3.63, 3.8) is 0 Å². The van der Waals surface area contributed by atoms with Gasteiger partial charge in [-0.3, -0.25) is 14.2 Å². The molecular formula is C26H19FN2O3. The van der Waals surface area contributed by atoms with E-state index in [-0.39, 0.29) is 23.9 Å². The van der Waals surface area contributed by atoms with Crippen LogP contribution < -0.4 is 10.3 Å². The number of hydrogen-bond acceptors (Lipinski definition) is 4. The second-order valence-corrected chi connectivity index (χ2v) is 6.97. The average Bonchev–Trinajstić information content (AvgIpc) is 2.82. The zero-order chi connectivity index (χ0) is 22.3. The first-order valence-corrected chi connectivity index (χ1v) is 9.92. The van der Waals surface area contributed by atoms with E-state index in [0.717, 1.165) is 5.56 Å². The van der Waals surface area contributed by atoms with Crippen LogP contribution in [0.25, 0.3) is 23.1 Å². The largest absolute Gasteiger partial charge is 0.472 e. The van der Waals surface area contributed by atoms with Gasteiger partial charge in [-0.05, 0) is 54.1 Å². The molecule has 0 atom stereocenters. The molecule has 1 aromatic heterocycles. The Morgan fingerprint density at radius 3 is 2.50 bits per heavy atom. The number of carbonyl (C=O) groups excluding carboxylic acids is 1. The van der Waals surface area contributed by atoms with E-state index in [1.54, 1.807) is 48.6 Å². The monoisotopic (exact) mass is 426 g/mol. The minimum Gasteiger partial charge on any atom is -0.472 e. The molecule has 0 saturated heterocycles. The van der Waals surface area contributed by atoms with Gasteiger partial charge in [0.1, 0.15) is 17.9 Å². The van der Waals surface area contributed by atoms with Crippen LogP contribution >= 0.6 is 0 Å². The fraction of sp³-hybridized carbons (Fsp3) is 0.0385. The fourth-order valence-electron chi connectivity index (χ4n) is 3.07. The summed E-state index contributed by atoms with van der Waals surface area (Å²) in [5.41, 5.74) is 1.86. The van der Waals surface area contributed by atoms with Crippen LogP contribution in [0.2, 0.25) is 0 Å². The normalized spacial score (nSPS) is 11.4. The lowest BCUT2D eigenvalue weighted by Crippen LogP contribution is -2.23. The van der Waals surface area contributed by atoms with E-state index >= 15 is 0 Å². The Bertz CT molecular complexity index is 1370. The third-order valence-corrected chi connectivity index (χ3v) is 4.75. The Morgan fingerprint density at radius 1 is 0.938 bits per heavy atom. The molecule has 0 bridgehead atoms. The molecule has 0 aliphatic heterocycles. The molecule has 0 saturated carbocycles. The van der Waals surface area contributed by atoms with Crippen molar-refractivity contribution in [2.45, 2.75) is 6.73 Å². The van der Waals surface area contributed by atoms with Crippen molar-refractivity contribution < 1.29 is 13.9 Å². The second-order valence-electron chi connectivity index (χ2n) is 6.97. The molecule has 0 fully saturated rings. The Morgan fingerprint density at radius 2 is 1.66 bits per heavy atom. The lowest BCUT2D eigenvalue weighted by Gasteiger charge is -2.11. The van der Waals surface area contributed by atoms with E-state index < -0.39 is 0 Å². The van der Waals surface area contributed by atoms with Crippen LogP contribution in [0.3, 0.4) is 0 Å². The number of carbonyl (C=O) groups is 1. The Labute approximate surface area is 183 Å². The molecule has 1 heterocycles. The maximum atomic E-state index is 13.0. The molecule has 6 heteroatoms. The van der Waals surface area contributed by atoms with Gasteiger partial charge in [-0.25, -0.2) is 9.37 Å². The first-order chi connectivity index (χ1) is 15.6. The number of para-hydroxylation sites is 2. The minimum absolute atomic E-state index is 0.0140. The van der Waals surface area contributed by atoms with Crippen LogP contribution in [0.5, 0.6) is 5.75 Å². The summed E-state index contributed by atoms with van der Waals surface area (Å²) < 4.78 is 20.2. The number of fused-ring (bicyclic) bond motifs is 1. The van der Waals surface area contributed by atoms with Gasteiger partial charge in [-0.15, -0.1) is 0 Å². The summed E-state index contributed by atoms with van der Waals surface area (Å²) >= 11 is 0.